The lowest BCUT2D eigenvalue weighted by Crippen LogP contribution is -2.49. The zero-order valence-corrected chi connectivity index (χ0v) is 14.4. The lowest BCUT2D eigenvalue weighted by atomic mass is 9.98. The fourth-order valence-electron chi connectivity index (χ4n) is 3.80. The summed E-state index contributed by atoms with van der Waals surface area (Å²) in [6.45, 7) is 2.70. The average Bonchev–Trinajstić information content (AvgIpc) is 2.96. The summed E-state index contributed by atoms with van der Waals surface area (Å²) in [5, 5.41) is 2.99. The van der Waals surface area contributed by atoms with Gasteiger partial charge in [0, 0.05) is 26.3 Å². The number of fused-ring (bicyclic) bond motifs is 1. The average molecular weight is 346 g/mol. The monoisotopic (exact) mass is 346 g/mol. The highest BCUT2D eigenvalue weighted by Gasteiger charge is 2.44. The normalized spacial score (nSPS) is 33.3. The maximum atomic E-state index is 12.3. The van der Waals surface area contributed by atoms with E-state index in [1.165, 1.54) is 10.6 Å². The summed E-state index contributed by atoms with van der Waals surface area (Å²) in [6, 6.07) is -0.107. The molecule has 0 aromatic carbocycles. The molecule has 23 heavy (non-hydrogen) atoms. The number of amides is 1. The zero-order chi connectivity index (χ0) is 16.4. The summed E-state index contributed by atoms with van der Waals surface area (Å²) in [6.07, 6.45) is 4.54. The van der Waals surface area contributed by atoms with Crippen molar-refractivity contribution < 1.29 is 22.7 Å². The van der Waals surface area contributed by atoms with Crippen LogP contribution in [0.25, 0.3) is 0 Å². The molecule has 3 atom stereocenters. The Labute approximate surface area is 137 Å². The third-order valence-electron chi connectivity index (χ3n) is 5.12. The number of ether oxygens (including phenoxy) is 2. The number of nitrogens with zero attached hydrogens (tertiary/aromatic N) is 1. The first-order valence-electron chi connectivity index (χ1n) is 8.43. The minimum absolute atomic E-state index is 0.0623. The third kappa shape index (κ3) is 4.04. The van der Waals surface area contributed by atoms with Crippen molar-refractivity contribution >= 4 is 15.9 Å². The fraction of sp³-hybridized carbons (Fsp3) is 0.933. The van der Waals surface area contributed by atoms with Gasteiger partial charge in [-0.2, -0.15) is 4.31 Å². The molecule has 8 heteroatoms. The van der Waals surface area contributed by atoms with Crippen molar-refractivity contribution in [2.75, 3.05) is 32.6 Å². The van der Waals surface area contributed by atoms with Gasteiger partial charge in [0.15, 0.2) is 0 Å². The molecule has 0 aromatic rings. The van der Waals surface area contributed by atoms with Crippen molar-refractivity contribution in [1.29, 1.82) is 0 Å². The first-order valence-corrected chi connectivity index (χ1v) is 10.3. The summed E-state index contributed by atoms with van der Waals surface area (Å²) in [4.78, 5) is 12.3. The van der Waals surface area contributed by atoms with Crippen LogP contribution in [-0.4, -0.2) is 69.4 Å². The number of nitrogens with one attached hydrogen (secondary N) is 1. The standard InChI is InChI=1S/C15H26N2O5S/c1-23(19,20)17-7-4-13-12(17)2-3-14(22-13)15(18)16-10-11-5-8-21-9-6-11/h11-14H,2-10H2,1H3,(H,16,18)/t12-,13-,14-/m1/s1. The maximum Gasteiger partial charge on any atom is 0.249 e. The second-order valence-corrected chi connectivity index (χ2v) is 8.71. The molecule has 3 aliphatic heterocycles. The smallest absolute Gasteiger partial charge is 0.249 e. The van der Waals surface area contributed by atoms with E-state index < -0.39 is 16.1 Å². The van der Waals surface area contributed by atoms with E-state index in [9.17, 15) is 13.2 Å². The van der Waals surface area contributed by atoms with E-state index in [2.05, 4.69) is 5.32 Å². The van der Waals surface area contributed by atoms with Crippen molar-refractivity contribution in [1.82, 2.24) is 9.62 Å². The van der Waals surface area contributed by atoms with Gasteiger partial charge in [0.25, 0.3) is 0 Å². The summed E-state index contributed by atoms with van der Waals surface area (Å²) in [5.41, 5.74) is 0. The highest BCUT2D eigenvalue weighted by Crippen LogP contribution is 2.33. The Morgan fingerprint density at radius 3 is 2.61 bits per heavy atom. The van der Waals surface area contributed by atoms with Gasteiger partial charge in [-0.3, -0.25) is 4.79 Å². The molecule has 0 radical (unpaired) electrons. The molecule has 0 spiro atoms. The van der Waals surface area contributed by atoms with Crippen molar-refractivity contribution in [3.05, 3.63) is 0 Å². The fourth-order valence-corrected chi connectivity index (χ4v) is 4.97. The Balaban J connectivity index is 1.49. The molecule has 0 unspecified atom stereocenters. The first kappa shape index (κ1) is 17.1. The molecule has 1 N–H and O–H groups in total. The zero-order valence-electron chi connectivity index (χ0n) is 13.6. The SMILES string of the molecule is CS(=O)(=O)N1CC[C@H]2O[C@@H](C(=O)NCC3CCOCC3)CC[C@H]21. The van der Waals surface area contributed by atoms with Crippen molar-refractivity contribution in [3.8, 4) is 0 Å². The van der Waals surface area contributed by atoms with Gasteiger partial charge in [0.05, 0.1) is 18.4 Å². The topological polar surface area (TPSA) is 84.9 Å². The van der Waals surface area contributed by atoms with Crippen molar-refractivity contribution in [3.63, 3.8) is 0 Å². The van der Waals surface area contributed by atoms with Crippen LogP contribution in [0.3, 0.4) is 0 Å². The summed E-state index contributed by atoms with van der Waals surface area (Å²) >= 11 is 0. The lowest BCUT2D eigenvalue weighted by molar-refractivity contribution is -0.143. The van der Waals surface area contributed by atoms with E-state index in [-0.39, 0.29) is 18.1 Å². The predicted molar refractivity (Wildman–Crippen MR) is 84.4 cm³/mol. The maximum absolute atomic E-state index is 12.3. The molecular weight excluding hydrogens is 320 g/mol. The molecule has 1 amide bonds. The van der Waals surface area contributed by atoms with Gasteiger partial charge in [0.1, 0.15) is 6.10 Å². The van der Waals surface area contributed by atoms with Crippen LogP contribution in [-0.2, 0) is 24.3 Å². The molecule has 3 fully saturated rings. The highest BCUT2D eigenvalue weighted by molar-refractivity contribution is 7.88. The number of sulfonamides is 1. The number of carbonyl (C=O) groups is 1. The molecule has 3 aliphatic rings. The quantitative estimate of drug-likeness (QED) is 0.781. The first-order chi connectivity index (χ1) is 10.9. The van der Waals surface area contributed by atoms with Gasteiger partial charge in [-0.1, -0.05) is 0 Å². The third-order valence-corrected chi connectivity index (χ3v) is 6.43. The lowest BCUT2D eigenvalue weighted by Gasteiger charge is -2.34. The molecule has 132 valence electrons. The Hall–Kier alpha value is -0.700. The van der Waals surface area contributed by atoms with Gasteiger partial charge < -0.3 is 14.8 Å². The van der Waals surface area contributed by atoms with Gasteiger partial charge in [-0.25, -0.2) is 8.42 Å². The van der Waals surface area contributed by atoms with Gasteiger partial charge in [-0.15, -0.1) is 0 Å². The number of hydrogen-bond acceptors (Lipinski definition) is 5. The van der Waals surface area contributed by atoms with Crippen LogP contribution in [0.15, 0.2) is 0 Å². The molecule has 0 bridgehead atoms. The van der Waals surface area contributed by atoms with Crippen LogP contribution in [0.1, 0.15) is 32.1 Å². The molecule has 0 aliphatic carbocycles. The van der Waals surface area contributed by atoms with Crippen LogP contribution in [0.2, 0.25) is 0 Å². The van der Waals surface area contributed by atoms with Crippen LogP contribution in [0.4, 0.5) is 0 Å². The van der Waals surface area contributed by atoms with Gasteiger partial charge in [-0.05, 0) is 38.0 Å². The van der Waals surface area contributed by atoms with Gasteiger partial charge in [0.2, 0.25) is 15.9 Å². The summed E-state index contributed by atoms with van der Waals surface area (Å²) in [5.74, 6) is 0.420. The second-order valence-electron chi connectivity index (χ2n) is 6.77. The molecule has 0 saturated carbocycles. The van der Waals surface area contributed by atoms with Crippen LogP contribution < -0.4 is 5.32 Å². The molecule has 7 nitrogen and oxygen atoms in total. The largest absolute Gasteiger partial charge is 0.381 e. The van der Waals surface area contributed by atoms with Crippen LogP contribution in [0.5, 0.6) is 0 Å². The molecule has 3 heterocycles. The number of carbonyl (C=O) groups excluding carboxylic acids is 1. The predicted octanol–water partition coefficient (Wildman–Crippen LogP) is 0.111. The Morgan fingerprint density at radius 1 is 1.17 bits per heavy atom. The summed E-state index contributed by atoms with van der Waals surface area (Å²) < 4.78 is 36.3. The van der Waals surface area contributed by atoms with E-state index in [1.54, 1.807) is 0 Å². The highest BCUT2D eigenvalue weighted by atomic mass is 32.2. The minimum Gasteiger partial charge on any atom is -0.381 e. The molecule has 3 rings (SSSR count). The van der Waals surface area contributed by atoms with Gasteiger partial charge >= 0.3 is 0 Å². The number of rotatable bonds is 4. The Kier molecular flexibility index (Phi) is 5.25. The van der Waals surface area contributed by atoms with Crippen molar-refractivity contribution in [2.24, 2.45) is 5.92 Å². The van der Waals surface area contributed by atoms with E-state index in [4.69, 9.17) is 9.47 Å². The van der Waals surface area contributed by atoms with E-state index in [0.717, 1.165) is 26.1 Å². The molecule has 0 aromatic heterocycles. The Morgan fingerprint density at radius 2 is 1.91 bits per heavy atom. The van der Waals surface area contributed by atoms with Crippen molar-refractivity contribution in [2.45, 2.75) is 50.4 Å². The van der Waals surface area contributed by atoms with Crippen LogP contribution in [0, 0.1) is 5.92 Å². The van der Waals surface area contributed by atoms with E-state index >= 15 is 0 Å². The van der Waals surface area contributed by atoms with E-state index in [1.807, 2.05) is 0 Å². The summed E-state index contributed by atoms with van der Waals surface area (Å²) in [7, 11) is -3.19. The van der Waals surface area contributed by atoms with E-state index in [0.29, 0.717) is 38.3 Å². The second kappa shape index (κ2) is 7.04. The number of hydrogen-bond donors (Lipinski definition) is 1. The molecule has 3 saturated heterocycles. The minimum atomic E-state index is -3.19. The molecular formula is C15H26N2O5S. The van der Waals surface area contributed by atoms with Crippen LogP contribution >= 0.6 is 0 Å². The Bertz CT molecular complexity index is 532.